The monoisotopic (exact) mass is 719 g/mol. The van der Waals surface area contributed by atoms with Crippen LogP contribution in [0, 0.1) is 0 Å². The molecule has 9 aromatic carbocycles. The van der Waals surface area contributed by atoms with Crippen LogP contribution < -0.4 is 4.90 Å². The lowest BCUT2D eigenvalue weighted by Crippen LogP contribution is -2.17. The summed E-state index contributed by atoms with van der Waals surface area (Å²) in [7, 11) is 0. The summed E-state index contributed by atoms with van der Waals surface area (Å²) in [5.74, 6) is 0. The van der Waals surface area contributed by atoms with Crippen molar-refractivity contribution in [2.75, 3.05) is 4.90 Å². The first-order valence-electron chi connectivity index (χ1n) is 19.1. The Kier molecular flexibility index (Phi) is 7.14. The normalized spacial score (nSPS) is 13.1. The number of hydrogen-bond acceptors (Lipinski definition) is 2. The predicted molar refractivity (Wildman–Crippen MR) is 237 cm³/mol. The van der Waals surface area contributed by atoms with Crippen LogP contribution in [0.15, 0.2) is 188 Å². The standard InChI is InChI=1S/C53H37NS/c1-53(2)47-24-12-10-21-41(47)42-29-27-36(32-48(42)53)54(37-28-30-44-43-22-11-13-26-50(43)55-51(44)33-37)49-25-14-23-45(52(49)34-15-4-3-5-16-34)46-31-35-17-6-7-18-38(35)39-19-8-9-20-40(39)46/h3-33H,1-2H3. The van der Waals surface area contributed by atoms with Gasteiger partial charge in [-0.25, -0.2) is 0 Å². The van der Waals surface area contributed by atoms with Gasteiger partial charge in [0.05, 0.1) is 5.69 Å². The van der Waals surface area contributed by atoms with Gasteiger partial charge in [0.25, 0.3) is 0 Å². The lowest BCUT2D eigenvalue weighted by atomic mass is 9.82. The third kappa shape index (κ3) is 4.92. The molecule has 0 spiro atoms. The predicted octanol–water partition coefficient (Wildman–Crippen LogP) is 15.5. The molecule has 2 heteroatoms. The number of hydrogen-bond donors (Lipinski definition) is 0. The molecule has 0 N–H and O–H groups in total. The van der Waals surface area contributed by atoms with Crippen LogP contribution in [0.1, 0.15) is 25.0 Å². The maximum absolute atomic E-state index is 2.51. The third-order valence-electron chi connectivity index (χ3n) is 11.8. The minimum Gasteiger partial charge on any atom is -0.310 e. The number of thiophene rings is 1. The van der Waals surface area contributed by atoms with E-state index in [9.17, 15) is 0 Å². The van der Waals surface area contributed by atoms with Crippen molar-refractivity contribution in [2.45, 2.75) is 19.3 Å². The van der Waals surface area contributed by atoms with E-state index in [1.54, 1.807) is 0 Å². The highest BCUT2D eigenvalue weighted by molar-refractivity contribution is 7.25. The molecule has 0 radical (unpaired) electrons. The fourth-order valence-electron chi connectivity index (χ4n) is 9.25. The number of nitrogens with zero attached hydrogens (tertiary/aromatic N) is 1. The Labute approximate surface area is 325 Å². The fourth-order valence-corrected chi connectivity index (χ4v) is 10.4. The molecule has 1 heterocycles. The number of rotatable bonds is 5. The Bertz CT molecular complexity index is 3130. The maximum atomic E-state index is 2.51. The van der Waals surface area contributed by atoms with Gasteiger partial charge in [0.15, 0.2) is 0 Å². The zero-order valence-electron chi connectivity index (χ0n) is 30.8. The Morgan fingerprint density at radius 2 is 1.04 bits per heavy atom. The summed E-state index contributed by atoms with van der Waals surface area (Å²) in [5.41, 5.74) is 13.6. The molecule has 0 unspecified atom stereocenters. The van der Waals surface area contributed by atoms with Crippen LogP contribution in [0.3, 0.4) is 0 Å². The van der Waals surface area contributed by atoms with Gasteiger partial charge in [0, 0.05) is 42.5 Å². The average molecular weight is 720 g/mol. The molecule has 260 valence electrons. The van der Waals surface area contributed by atoms with E-state index in [4.69, 9.17) is 0 Å². The van der Waals surface area contributed by atoms with Gasteiger partial charge in [0.2, 0.25) is 0 Å². The van der Waals surface area contributed by atoms with Crippen molar-refractivity contribution in [1.82, 2.24) is 0 Å². The smallest absolute Gasteiger partial charge is 0.0546 e. The number of benzene rings is 9. The van der Waals surface area contributed by atoms with E-state index in [0.717, 1.165) is 17.1 Å². The largest absolute Gasteiger partial charge is 0.310 e. The van der Waals surface area contributed by atoms with Gasteiger partial charge in [-0.1, -0.05) is 159 Å². The van der Waals surface area contributed by atoms with Gasteiger partial charge in [-0.15, -0.1) is 11.3 Å². The zero-order valence-corrected chi connectivity index (χ0v) is 31.6. The molecule has 10 aromatic rings. The molecule has 0 fully saturated rings. The van der Waals surface area contributed by atoms with E-state index in [1.165, 1.54) is 86.2 Å². The summed E-state index contributed by atoms with van der Waals surface area (Å²) in [5, 5.41) is 7.66. The van der Waals surface area contributed by atoms with Crippen molar-refractivity contribution in [2.24, 2.45) is 0 Å². The lowest BCUT2D eigenvalue weighted by molar-refractivity contribution is 0.660. The SMILES string of the molecule is CC1(C)c2ccccc2-c2ccc(N(c3ccc4c(c3)sc3ccccc34)c3cccc(-c4cc5ccccc5c5ccccc45)c3-c3ccccc3)cc21. The first-order chi connectivity index (χ1) is 27.0. The van der Waals surface area contributed by atoms with E-state index in [-0.39, 0.29) is 5.41 Å². The van der Waals surface area contributed by atoms with Gasteiger partial charge in [-0.2, -0.15) is 0 Å². The second-order valence-corrected chi connectivity index (χ2v) is 16.4. The number of fused-ring (bicyclic) bond motifs is 9. The summed E-state index contributed by atoms with van der Waals surface area (Å²) < 4.78 is 2.60. The Morgan fingerprint density at radius 1 is 0.400 bits per heavy atom. The van der Waals surface area contributed by atoms with E-state index < -0.39 is 0 Å². The zero-order chi connectivity index (χ0) is 36.7. The minimum absolute atomic E-state index is 0.128. The van der Waals surface area contributed by atoms with Crippen LogP contribution in [0.2, 0.25) is 0 Å². The maximum Gasteiger partial charge on any atom is 0.0546 e. The molecule has 0 aliphatic heterocycles. The van der Waals surface area contributed by atoms with Crippen LogP contribution in [0.5, 0.6) is 0 Å². The molecule has 1 nitrogen and oxygen atoms in total. The molecule has 0 amide bonds. The Balaban J connectivity index is 1.22. The molecule has 55 heavy (non-hydrogen) atoms. The summed E-state index contributed by atoms with van der Waals surface area (Å²) in [6.07, 6.45) is 0. The van der Waals surface area contributed by atoms with E-state index in [2.05, 4.69) is 207 Å². The Hall–Kier alpha value is -6.48. The van der Waals surface area contributed by atoms with Crippen LogP contribution in [0.25, 0.3) is 75.1 Å². The average Bonchev–Trinajstić information content (AvgIpc) is 3.72. The van der Waals surface area contributed by atoms with Crippen molar-refractivity contribution in [3.8, 4) is 33.4 Å². The highest BCUT2D eigenvalue weighted by atomic mass is 32.1. The molecule has 0 atom stereocenters. The van der Waals surface area contributed by atoms with Gasteiger partial charge >= 0.3 is 0 Å². The van der Waals surface area contributed by atoms with Gasteiger partial charge in [-0.05, 0) is 103 Å². The van der Waals surface area contributed by atoms with Crippen LogP contribution >= 0.6 is 11.3 Å². The molecule has 0 saturated carbocycles. The topological polar surface area (TPSA) is 3.24 Å². The molecular weight excluding hydrogens is 683 g/mol. The molecule has 1 aliphatic carbocycles. The minimum atomic E-state index is -0.128. The van der Waals surface area contributed by atoms with E-state index in [1.807, 2.05) is 11.3 Å². The summed E-state index contributed by atoms with van der Waals surface area (Å²) in [4.78, 5) is 2.51. The fraction of sp³-hybridized carbons (Fsp3) is 0.0566. The van der Waals surface area contributed by atoms with E-state index >= 15 is 0 Å². The van der Waals surface area contributed by atoms with Crippen molar-refractivity contribution >= 4 is 70.1 Å². The van der Waals surface area contributed by atoms with Crippen LogP contribution in [-0.2, 0) is 5.41 Å². The van der Waals surface area contributed by atoms with Gasteiger partial charge in [0.1, 0.15) is 0 Å². The lowest BCUT2D eigenvalue weighted by Gasteiger charge is -2.31. The van der Waals surface area contributed by atoms with Crippen molar-refractivity contribution in [3.05, 3.63) is 199 Å². The quantitative estimate of drug-likeness (QED) is 0.160. The Morgan fingerprint density at radius 3 is 1.91 bits per heavy atom. The second-order valence-electron chi connectivity index (χ2n) is 15.3. The number of anilines is 3. The molecule has 1 aliphatic rings. The van der Waals surface area contributed by atoms with Crippen molar-refractivity contribution in [3.63, 3.8) is 0 Å². The van der Waals surface area contributed by atoms with Gasteiger partial charge in [-0.3, -0.25) is 0 Å². The van der Waals surface area contributed by atoms with Crippen molar-refractivity contribution < 1.29 is 0 Å². The second kappa shape index (κ2) is 12.3. The highest BCUT2D eigenvalue weighted by Crippen LogP contribution is 2.53. The molecule has 0 saturated heterocycles. The molecular formula is C53H37NS. The first kappa shape index (κ1) is 32.0. The summed E-state index contributed by atoms with van der Waals surface area (Å²) in [6, 6.07) is 69.8. The molecule has 11 rings (SSSR count). The van der Waals surface area contributed by atoms with Crippen LogP contribution in [-0.4, -0.2) is 0 Å². The summed E-state index contributed by atoms with van der Waals surface area (Å²) in [6.45, 7) is 4.74. The van der Waals surface area contributed by atoms with Gasteiger partial charge < -0.3 is 4.90 Å². The third-order valence-corrected chi connectivity index (χ3v) is 13.0. The highest BCUT2D eigenvalue weighted by Gasteiger charge is 2.36. The molecule has 1 aromatic heterocycles. The first-order valence-corrected chi connectivity index (χ1v) is 19.9. The summed E-state index contributed by atoms with van der Waals surface area (Å²) >= 11 is 1.87. The molecule has 0 bridgehead atoms. The van der Waals surface area contributed by atoms with Crippen LogP contribution in [0.4, 0.5) is 17.1 Å². The van der Waals surface area contributed by atoms with Crippen molar-refractivity contribution in [1.29, 1.82) is 0 Å². The van der Waals surface area contributed by atoms with E-state index in [0.29, 0.717) is 0 Å².